The van der Waals surface area contributed by atoms with Crippen molar-refractivity contribution in [3.63, 3.8) is 0 Å². The van der Waals surface area contributed by atoms with Gasteiger partial charge in [-0.1, -0.05) is 137 Å². The third-order valence-corrected chi connectivity index (χ3v) is 12.4. The summed E-state index contributed by atoms with van der Waals surface area (Å²) in [6.45, 7) is 10.0. The first-order valence-corrected chi connectivity index (χ1v) is 24.5. The summed E-state index contributed by atoms with van der Waals surface area (Å²) in [6.07, 6.45) is 14.9. The molecule has 362 valence electrons. The van der Waals surface area contributed by atoms with Crippen LogP contribution in [-0.4, -0.2) is 49.9 Å². The topological polar surface area (TPSA) is 118 Å². The van der Waals surface area contributed by atoms with E-state index in [0.717, 1.165) is 64.4 Å². The zero-order chi connectivity index (χ0) is 50.3. The first-order chi connectivity index (χ1) is 34.5. The molecule has 2 aromatic heterocycles. The highest BCUT2D eigenvalue weighted by atomic mass is 35.5. The Morgan fingerprint density at radius 1 is 0.577 bits per heavy atom. The minimum absolute atomic E-state index is 0.134. The number of hydrogen-bond acceptors (Lipinski definition) is 8. The van der Waals surface area contributed by atoms with Crippen molar-refractivity contribution in [3.05, 3.63) is 177 Å². The van der Waals surface area contributed by atoms with Crippen LogP contribution >= 0.6 is 11.6 Å². The molecule has 1 N–H and O–H groups in total. The van der Waals surface area contributed by atoms with E-state index in [4.69, 9.17) is 38.7 Å². The lowest BCUT2D eigenvalue weighted by molar-refractivity contribution is 0.301. The van der Waals surface area contributed by atoms with Crippen LogP contribution in [0.25, 0.3) is 44.3 Å². The number of fused-ring (bicyclic) bond motifs is 2. The highest BCUT2D eigenvalue weighted by Gasteiger charge is 2.18. The minimum Gasteiger partial charge on any atom is -0.508 e. The van der Waals surface area contributed by atoms with Crippen LogP contribution in [0.4, 0.5) is 0 Å². The molecule has 8 aromatic rings. The molecule has 0 amide bonds. The number of alkyl halides is 1. The molecular weight excluding hydrogens is 908 g/mol. The standard InChI is InChI=1S/C33H35ClN2O3.C27H24N2O3/c1-4-20-38-28-17-18-30-29(22-28)32(26-15-13-25(14-16-26)24(2)3)35-33(37)36(30)23-27-11-7-8-12-31(27)39-21-10-6-5-9-19-34;1-4-15-32-22-13-14-24-23(16-22)26(20-11-9-19(10-12-20)18(2)3)28-27(31)29(24)17-21-7-5-6-8-25(21)30/h1,7-8,11-18,22,24H,5-6,9-10,19-21,23H2,2-3H3;1,5-14,16,18,30H,15,17H2,2-3H3. The van der Waals surface area contributed by atoms with Crippen LogP contribution in [0.1, 0.15) is 87.5 Å². The molecule has 0 fully saturated rings. The first-order valence-electron chi connectivity index (χ1n) is 24.0. The van der Waals surface area contributed by atoms with Crippen LogP contribution in [0.5, 0.6) is 23.0 Å². The second-order valence-electron chi connectivity index (χ2n) is 17.7. The number of aromatic hydroxyl groups is 1. The van der Waals surface area contributed by atoms with E-state index in [-0.39, 0.29) is 36.9 Å². The molecule has 0 bridgehead atoms. The number of ether oxygens (including phenoxy) is 3. The number of terminal acetylenes is 2. The van der Waals surface area contributed by atoms with Gasteiger partial charge in [-0.25, -0.2) is 9.59 Å². The van der Waals surface area contributed by atoms with Gasteiger partial charge in [0.2, 0.25) is 0 Å². The fraction of sp³-hybridized carbons (Fsp3) is 0.267. The Morgan fingerprint density at radius 3 is 1.52 bits per heavy atom. The molecule has 10 nitrogen and oxygen atoms in total. The number of halogens is 1. The lowest BCUT2D eigenvalue weighted by Crippen LogP contribution is -2.25. The summed E-state index contributed by atoms with van der Waals surface area (Å²) in [7, 11) is 0. The molecule has 0 aliphatic rings. The molecule has 0 radical (unpaired) electrons. The van der Waals surface area contributed by atoms with Gasteiger partial charge in [-0.05, 0) is 84.3 Å². The maximum atomic E-state index is 13.5. The van der Waals surface area contributed by atoms with Crippen molar-refractivity contribution in [2.75, 3.05) is 25.7 Å². The predicted octanol–water partition coefficient (Wildman–Crippen LogP) is 12.4. The monoisotopic (exact) mass is 966 g/mol. The lowest BCUT2D eigenvalue weighted by Gasteiger charge is -2.16. The number of benzene rings is 6. The molecule has 0 saturated heterocycles. The summed E-state index contributed by atoms with van der Waals surface area (Å²) in [5.74, 6) is 8.62. The van der Waals surface area contributed by atoms with Crippen LogP contribution in [0.15, 0.2) is 143 Å². The number of rotatable bonds is 19. The number of unbranched alkanes of at least 4 members (excludes halogenated alkanes) is 3. The molecule has 0 unspecified atom stereocenters. The van der Waals surface area contributed by atoms with Crippen molar-refractivity contribution in [2.45, 2.75) is 78.3 Å². The fourth-order valence-corrected chi connectivity index (χ4v) is 8.43. The van der Waals surface area contributed by atoms with Gasteiger partial charge in [0.1, 0.15) is 36.2 Å². The summed E-state index contributed by atoms with van der Waals surface area (Å²) in [4.78, 5) is 35.5. The van der Waals surface area contributed by atoms with Gasteiger partial charge in [0.15, 0.2) is 0 Å². The van der Waals surface area contributed by atoms with Gasteiger partial charge in [-0.15, -0.1) is 24.4 Å². The van der Waals surface area contributed by atoms with Gasteiger partial charge in [0, 0.05) is 38.9 Å². The maximum Gasteiger partial charge on any atom is 0.348 e. The summed E-state index contributed by atoms with van der Waals surface area (Å²) in [5.41, 5.74) is 7.68. The largest absolute Gasteiger partial charge is 0.508 e. The predicted molar refractivity (Wildman–Crippen MR) is 287 cm³/mol. The molecule has 11 heteroatoms. The van der Waals surface area contributed by atoms with E-state index in [1.54, 1.807) is 33.4 Å². The summed E-state index contributed by atoms with van der Waals surface area (Å²) < 4.78 is 20.7. The normalized spacial score (nSPS) is 11.0. The number of phenols is 1. The lowest BCUT2D eigenvalue weighted by atomic mass is 9.99. The van der Waals surface area contributed by atoms with Crippen molar-refractivity contribution in [1.82, 2.24) is 19.1 Å². The van der Waals surface area contributed by atoms with Crippen molar-refractivity contribution >= 4 is 33.4 Å². The minimum atomic E-state index is -0.388. The van der Waals surface area contributed by atoms with Crippen LogP contribution in [-0.2, 0) is 13.1 Å². The van der Waals surface area contributed by atoms with Gasteiger partial charge in [-0.3, -0.25) is 9.13 Å². The molecular formula is C60H59ClN4O6. The van der Waals surface area contributed by atoms with E-state index < -0.39 is 0 Å². The third kappa shape index (κ3) is 12.9. The van der Waals surface area contributed by atoms with Gasteiger partial charge < -0.3 is 19.3 Å². The Bertz CT molecular complexity index is 3290. The highest BCUT2D eigenvalue weighted by Crippen LogP contribution is 2.33. The van der Waals surface area contributed by atoms with Gasteiger partial charge in [0.25, 0.3) is 0 Å². The Kier molecular flexibility index (Phi) is 17.7. The SMILES string of the molecule is C#CCOc1ccc2c(c1)c(-c1ccc(C(C)C)cc1)nc(=O)n2Cc1ccccc1O.C#CCOc1ccc2c(c1)c(-c1ccc(C(C)C)cc1)nc(=O)n2Cc1ccccc1OCCCCCCCl. The summed E-state index contributed by atoms with van der Waals surface area (Å²) in [6, 6.07) is 42.2. The number of para-hydroxylation sites is 2. The Morgan fingerprint density at radius 2 is 1.04 bits per heavy atom. The van der Waals surface area contributed by atoms with E-state index in [0.29, 0.717) is 64.8 Å². The Labute approximate surface area is 420 Å². The van der Waals surface area contributed by atoms with E-state index >= 15 is 0 Å². The van der Waals surface area contributed by atoms with Crippen LogP contribution < -0.4 is 25.6 Å². The molecule has 2 heterocycles. The van der Waals surface area contributed by atoms with Crippen LogP contribution in [0, 0.1) is 24.7 Å². The number of hydrogen-bond donors (Lipinski definition) is 1. The highest BCUT2D eigenvalue weighted by molar-refractivity contribution is 6.17. The van der Waals surface area contributed by atoms with Gasteiger partial charge >= 0.3 is 11.4 Å². The number of aromatic nitrogens is 4. The van der Waals surface area contributed by atoms with Crippen LogP contribution in [0.3, 0.4) is 0 Å². The van der Waals surface area contributed by atoms with Crippen molar-refractivity contribution in [2.24, 2.45) is 0 Å². The third-order valence-electron chi connectivity index (χ3n) is 12.2. The molecule has 0 aliphatic heterocycles. The molecule has 0 saturated carbocycles. The molecule has 0 aliphatic carbocycles. The molecule has 71 heavy (non-hydrogen) atoms. The summed E-state index contributed by atoms with van der Waals surface area (Å²) >= 11 is 5.78. The first kappa shape index (κ1) is 51.1. The number of phenolic OH excluding ortho intramolecular Hbond substituents is 1. The average Bonchev–Trinajstić information content (AvgIpc) is 3.38. The zero-order valence-corrected chi connectivity index (χ0v) is 41.5. The van der Waals surface area contributed by atoms with Crippen LogP contribution in [0.2, 0.25) is 0 Å². The van der Waals surface area contributed by atoms with Gasteiger partial charge in [0.05, 0.1) is 42.1 Å². The van der Waals surface area contributed by atoms with Crippen molar-refractivity contribution in [1.29, 1.82) is 0 Å². The van der Waals surface area contributed by atoms with E-state index in [1.807, 2.05) is 84.9 Å². The summed E-state index contributed by atoms with van der Waals surface area (Å²) in [5, 5.41) is 11.8. The number of nitrogens with zero attached hydrogens (tertiary/aromatic N) is 4. The smallest absolute Gasteiger partial charge is 0.348 e. The Balaban J connectivity index is 0.000000213. The fourth-order valence-electron chi connectivity index (χ4n) is 8.24. The second-order valence-corrected chi connectivity index (χ2v) is 18.1. The zero-order valence-electron chi connectivity index (χ0n) is 40.7. The maximum absolute atomic E-state index is 13.5. The molecule has 6 aromatic carbocycles. The van der Waals surface area contributed by atoms with Crippen molar-refractivity contribution < 1.29 is 19.3 Å². The second kappa shape index (κ2) is 24.7. The average molecular weight is 968 g/mol. The van der Waals surface area contributed by atoms with E-state index in [1.165, 1.54) is 11.1 Å². The molecule has 0 spiro atoms. The Hall–Kier alpha value is -7.79. The van der Waals surface area contributed by atoms with Gasteiger partial charge in [-0.2, -0.15) is 9.97 Å². The van der Waals surface area contributed by atoms with E-state index in [2.05, 4.69) is 73.8 Å². The molecule has 8 rings (SSSR count). The molecule has 0 atom stereocenters. The van der Waals surface area contributed by atoms with E-state index in [9.17, 15) is 14.7 Å². The quantitative estimate of drug-likeness (QED) is 0.0484. The van der Waals surface area contributed by atoms with Crippen molar-refractivity contribution in [3.8, 4) is 70.2 Å².